The van der Waals surface area contributed by atoms with Crippen LogP contribution in [0.15, 0.2) is 72.4 Å². The Balaban J connectivity index is 1.73. The van der Waals surface area contributed by atoms with Gasteiger partial charge in [0.2, 0.25) is 12.1 Å². The number of benzene rings is 2. The van der Waals surface area contributed by atoms with Crippen molar-refractivity contribution in [2.45, 2.75) is 71.4 Å². The zero-order valence-corrected chi connectivity index (χ0v) is 25.3. The number of rotatable bonds is 15. The summed E-state index contributed by atoms with van der Waals surface area (Å²) in [6.07, 6.45) is 1.66. The number of nitrogens with one attached hydrogen (secondary N) is 2. The average Bonchev–Trinajstić information content (AvgIpc) is 3.37. The summed E-state index contributed by atoms with van der Waals surface area (Å²) in [6.45, 7) is 8.69. The molecule has 11 heteroatoms. The van der Waals surface area contributed by atoms with Gasteiger partial charge in [0.1, 0.15) is 30.6 Å². The lowest BCUT2D eigenvalue weighted by atomic mass is 10.0. The molecule has 3 atom stereocenters. The zero-order chi connectivity index (χ0) is 31.5. The fourth-order valence-corrected chi connectivity index (χ4v) is 4.45. The molecule has 43 heavy (non-hydrogen) atoms. The van der Waals surface area contributed by atoms with Gasteiger partial charge in [-0.05, 0) is 63.8 Å². The van der Waals surface area contributed by atoms with E-state index in [9.17, 15) is 19.2 Å². The third kappa shape index (κ3) is 10.4. The maximum absolute atomic E-state index is 12.8. The molecule has 0 spiro atoms. The van der Waals surface area contributed by atoms with Gasteiger partial charge >= 0.3 is 12.1 Å². The van der Waals surface area contributed by atoms with Gasteiger partial charge in [0, 0.05) is 12.2 Å². The second-order valence-electron chi connectivity index (χ2n) is 11.5. The first-order valence-corrected chi connectivity index (χ1v) is 14.1. The Hall–Kier alpha value is -4.38. The molecule has 1 aliphatic rings. The van der Waals surface area contributed by atoms with E-state index in [0.717, 1.165) is 10.5 Å². The number of carbonyl (C=O) groups is 4. The van der Waals surface area contributed by atoms with E-state index in [4.69, 9.17) is 19.0 Å². The van der Waals surface area contributed by atoms with Crippen molar-refractivity contribution in [2.75, 3.05) is 13.2 Å². The minimum Gasteiger partial charge on any atom is -0.488 e. The predicted octanol–water partition coefficient (Wildman–Crippen LogP) is 4.28. The van der Waals surface area contributed by atoms with Gasteiger partial charge in [-0.2, -0.15) is 0 Å². The number of ether oxygens (including phenoxy) is 3. The normalized spacial score (nSPS) is 17.5. The SMILES string of the molecule is CC(=O)C(CC(=O)OC(C)(C)C)N(C=O)C1(COc2ccccc2)C=C(CC(C)CNC(=O)OCc2ccccc2)NO1. The highest BCUT2D eigenvalue weighted by Gasteiger charge is 2.47. The number of allylic oxidation sites excluding steroid dienone is 1. The fraction of sp³-hybridized carbons (Fsp3) is 0.438. The van der Waals surface area contributed by atoms with Crippen LogP contribution < -0.4 is 15.5 Å². The standard InChI is InChI=1S/C32H41N3O8/c1-23(19-33-30(39)40-20-25-12-8-6-9-13-25)16-26-18-32(43-34-26,21-41-27-14-10-7-11-15-27)35(22-36)28(24(2)37)17-29(38)42-31(3,4)5/h6-15,18,22-23,28,34H,16-17,19-21H2,1-5H3,(H,33,39). The molecule has 3 rings (SSSR count). The fourth-order valence-electron chi connectivity index (χ4n) is 4.45. The first-order chi connectivity index (χ1) is 20.4. The van der Waals surface area contributed by atoms with E-state index in [1.165, 1.54) is 6.92 Å². The van der Waals surface area contributed by atoms with Crippen molar-refractivity contribution in [1.29, 1.82) is 0 Å². The summed E-state index contributed by atoms with van der Waals surface area (Å²) in [7, 11) is 0. The molecule has 0 bridgehead atoms. The highest BCUT2D eigenvalue weighted by atomic mass is 16.7. The minimum absolute atomic E-state index is 0.0625. The Morgan fingerprint density at radius 1 is 1.07 bits per heavy atom. The lowest BCUT2D eigenvalue weighted by Gasteiger charge is -2.39. The highest BCUT2D eigenvalue weighted by Crippen LogP contribution is 2.31. The van der Waals surface area contributed by atoms with Crippen LogP contribution in [-0.2, 0) is 35.3 Å². The largest absolute Gasteiger partial charge is 0.488 e. The number of hydrogen-bond donors (Lipinski definition) is 2. The third-order valence-electron chi connectivity index (χ3n) is 6.46. The second-order valence-corrected chi connectivity index (χ2v) is 11.5. The number of alkyl carbamates (subject to hydrolysis) is 1. The van der Waals surface area contributed by atoms with Crippen LogP contribution in [0.3, 0.4) is 0 Å². The van der Waals surface area contributed by atoms with Crippen molar-refractivity contribution in [3.63, 3.8) is 0 Å². The van der Waals surface area contributed by atoms with E-state index >= 15 is 0 Å². The molecule has 0 fully saturated rings. The first-order valence-electron chi connectivity index (χ1n) is 14.1. The molecule has 0 aromatic heterocycles. The van der Waals surface area contributed by atoms with Gasteiger partial charge in [0.15, 0.2) is 5.78 Å². The van der Waals surface area contributed by atoms with Crippen molar-refractivity contribution < 1.29 is 38.2 Å². The van der Waals surface area contributed by atoms with Crippen LogP contribution in [0.2, 0.25) is 0 Å². The molecule has 0 radical (unpaired) electrons. The maximum atomic E-state index is 12.8. The first kappa shape index (κ1) is 33.1. The van der Waals surface area contributed by atoms with E-state index < -0.39 is 35.2 Å². The molecule has 3 unspecified atom stereocenters. The monoisotopic (exact) mass is 595 g/mol. The molecule has 1 aliphatic heterocycles. The molecule has 0 saturated carbocycles. The Morgan fingerprint density at radius 3 is 2.33 bits per heavy atom. The Labute approximate surface area is 252 Å². The van der Waals surface area contributed by atoms with Crippen molar-refractivity contribution >= 4 is 24.3 Å². The predicted molar refractivity (Wildman–Crippen MR) is 158 cm³/mol. The number of amides is 2. The van der Waals surface area contributed by atoms with Crippen LogP contribution >= 0.6 is 0 Å². The van der Waals surface area contributed by atoms with E-state index in [1.807, 2.05) is 43.3 Å². The summed E-state index contributed by atoms with van der Waals surface area (Å²) >= 11 is 0. The van der Waals surface area contributed by atoms with Crippen molar-refractivity contribution in [3.05, 3.63) is 78.0 Å². The van der Waals surface area contributed by atoms with Crippen LogP contribution in [0, 0.1) is 5.92 Å². The average molecular weight is 596 g/mol. The summed E-state index contributed by atoms with van der Waals surface area (Å²) in [5.41, 5.74) is 2.02. The van der Waals surface area contributed by atoms with E-state index in [1.54, 1.807) is 51.1 Å². The molecule has 232 valence electrons. The summed E-state index contributed by atoms with van der Waals surface area (Å²) < 4.78 is 16.7. The third-order valence-corrected chi connectivity index (χ3v) is 6.46. The van der Waals surface area contributed by atoms with E-state index in [-0.39, 0.29) is 25.6 Å². The molecule has 0 aliphatic carbocycles. The van der Waals surface area contributed by atoms with Crippen molar-refractivity contribution in [1.82, 2.24) is 15.7 Å². The Kier molecular flexibility index (Phi) is 11.7. The van der Waals surface area contributed by atoms with Gasteiger partial charge < -0.3 is 19.5 Å². The highest BCUT2D eigenvalue weighted by molar-refractivity contribution is 5.88. The minimum atomic E-state index is -1.56. The van der Waals surface area contributed by atoms with Gasteiger partial charge in [-0.1, -0.05) is 55.5 Å². The molecule has 0 saturated heterocycles. The summed E-state index contributed by atoms with van der Waals surface area (Å²) in [5, 5.41) is 2.76. The van der Waals surface area contributed by atoms with E-state index in [2.05, 4.69) is 10.8 Å². The van der Waals surface area contributed by atoms with Crippen LogP contribution in [0.1, 0.15) is 53.0 Å². The lowest BCUT2D eigenvalue weighted by molar-refractivity contribution is -0.183. The number of nitrogens with zero attached hydrogens (tertiary/aromatic N) is 1. The molecule has 2 aromatic rings. The van der Waals surface area contributed by atoms with Gasteiger partial charge in [0.05, 0.1) is 6.42 Å². The van der Waals surface area contributed by atoms with E-state index in [0.29, 0.717) is 30.8 Å². The van der Waals surface area contributed by atoms with Crippen LogP contribution in [0.25, 0.3) is 0 Å². The van der Waals surface area contributed by atoms with Crippen molar-refractivity contribution in [2.24, 2.45) is 5.92 Å². The lowest BCUT2D eigenvalue weighted by Crippen LogP contribution is -2.59. The smallest absolute Gasteiger partial charge is 0.407 e. The summed E-state index contributed by atoms with van der Waals surface area (Å²) in [4.78, 5) is 57.3. The molecule has 2 N–H and O–H groups in total. The van der Waals surface area contributed by atoms with Crippen molar-refractivity contribution in [3.8, 4) is 5.75 Å². The second kappa shape index (κ2) is 15.2. The van der Waals surface area contributed by atoms with Gasteiger partial charge in [0.25, 0.3) is 0 Å². The number of Topliss-reactive ketones (excluding diaryl/α,β-unsaturated/α-hetero) is 1. The van der Waals surface area contributed by atoms with Gasteiger partial charge in [-0.15, -0.1) is 0 Å². The van der Waals surface area contributed by atoms with Gasteiger partial charge in [-0.3, -0.25) is 24.8 Å². The van der Waals surface area contributed by atoms with Crippen LogP contribution in [0.4, 0.5) is 4.79 Å². The number of esters is 1. The molecule has 2 aromatic carbocycles. The Bertz CT molecular complexity index is 1260. The number of hydroxylamine groups is 1. The molecular weight excluding hydrogens is 554 g/mol. The number of para-hydroxylation sites is 1. The van der Waals surface area contributed by atoms with Crippen LogP contribution in [-0.4, -0.2) is 59.7 Å². The number of carbonyl (C=O) groups excluding carboxylic acids is 4. The molecular formula is C32H41N3O8. The number of hydrogen-bond acceptors (Lipinski definition) is 9. The quantitative estimate of drug-likeness (QED) is 0.229. The molecule has 1 heterocycles. The topological polar surface area (TPSA) is 133 Å². The number of ketones is 1. The summed E-state index contributed by atoms with van der Waals surface area (Å²) in [5.74, 6) is -0.592. The molecule has 2 amide bonds. The Morgan fingerprint density at radius 2 is 1.72 bits per heavy atom. The zero-order valence-electron chi connectivity index (χ0n) is 25.3. The van der Waals surface area contributed by atoms with Gasteiger partial charge in [-0.25, -0.2) is 9.63 Å². The molecule has 11 nitrogen and oxygen atoms in total. The summed E-state index contributed by atoms with van der Waals surface area (Å²) in [6, 6.07) is 17.1. The maximum Gasteiger partial charge on any atom is 0.407 e. The van der Waals surface area contributed by atoms with Crippen LogP contribution in [0.5, 0.6) is 5.75 Å².